The Labute approximate surface area is 346 Å². The second-order valence-corrected chi connectivity index (χ2v) is 15.7. The zero-order valence-corrected chi connectivity index (χ0v) is 36.9. The molecule has 0 spiro atoms. The van der Waals surface area contributed by atoms with Crippen molar-refractivity contribution in [3.8, 4) is 0 Å². The molecule has 0 aliphatic rings. The Balaban J connectivity index is 4.37. The molecule has 0 aromatic heterocycles. The zero-order chi connectivity index (χ0) is 40.8. The van der Waals surface area contributed by atoms with E-state index in [0.717, 1.165) is 103 Å². The van der Waals surface area contributed by atoms with Gasteiger partial charge in [0.2, 0.25) is 0 Å². The van der Waals surface area contributed by atoms with E-state index in [1.54, 1.807) is 0 Å². The van der Waals surface area contributed by atoms with E-state index < -0.39 is 6.10 Å². The summed E-state index contributed by atoms with van der Waals surface area (Å²) in [5.74, 6) is -0.916. The van der Waals surface area contributed by atoms with Crippen molar-refractivity contribution in [2.24, 2.45) is 0 Å². The molecule has 0 saturated heterocycles. The van der Waals surface area contributed by atoms with Crippen LogP contribution < -0.4 is 0 Å². The molecule has 0 aliphatic heterocycles. The predicted octanol–water partition coefficient (Wildman–Crippen LogP) is 15.1. The molecule has 56 heavy (non-hydrogen) atoms. The first kappa shape index (κ1) is 53.4. The van der Waals surface area contributed by atoms with Crippen molar-refractivity contribution in [3.05, 3.63) is 48.6 Å². The molecule has 0 heterocycles. The third-order valence-electron chi connectivity index (χ3n) is 10.1. The molecule has 0 rings (SSSR count). The lowest BCUT2D eigenvalue weighted by Crippen LogP contribution is -2.30. The van der Waals surface area contributed by atoms with Crippen molar-refractivity contribution < 1.29 is 28.6 Å². The molecule has 0 N–H and O–H groups in total. The van der Waals surface area contributed by atoms with Gasteiger partial charge >= 0.3 is 17.9 Å². The van der Waals surface area contributed by atoms with Gasteiger partial charge in [0.05, 0.1) is 0 Å². The fourth-order valence-corrected chi connectivity index (χ4v) is 6.54. The molecule has 6 heteroatoms. The minimum atomic E-state index is -0.783. The number of esters is 3. The number of carbonyl (C=O) groups is 3. The van der Waals surface area contributed by atoms with Gasteiger partial charge in [-0.25, -0.2) is 0 Å². The van der Waals surface area contributed by atoms with Crippen LogP contribution in [0.3, 0.4) is 0 Å². The van der Waals surface area contributed by atoms with E-state index in [2.05, 4.69) is 69.4 Å². The molecule has 1 unspecified atom stereocenters. The van der Waals surface area contributed by atoms with Crippen molar-refractivity contribution in [2.45, 2.75) is 239 Å². The van der Waals surface area contributed by atoms with Crippen molar-refractivity contribution in [3.63, 3.8) is 0 Å². The number of allylic oxidation sites excluding steroid dienone is 8. The number of rotatable bonds is 42. The van der Waals surface area contributed by atoms with Gasteiger partial charge in [-0.3, -0.25) is 14.4 Å². The van der Waals surface area contributed by atoms with Crippen LogP contribution in [0.15, 0.2) is 48.6 Å². The first-order valence-electron chi connectivity index (χ1n) is 23.7. The maximum atomic E-state index is 12.7. The molecule has 1 atom stereocenters. The SMILES string of the molecule is CC\C=C/C=C\C=C/CCCCCCCC(=O)OC(COC(=O)CCCCCC/C=C\CCCC)COC(=O)CCCCCCCCCCCCCCCCC. The monoisotopic (exact) mass is 785 g/mol. The average molecular weight is 785 g/mol. The summed E-state index contributed by atoms with van der Waals surface area (Å²) in [5.41, 5.74) is 0. The highest BCUT2D eigenvalue weighted by Crippen LogP contribution is 2.15. The fraction of sp³-hybridized carbons (Fsp3) is 0.780. The van der Waals surface area contributed by atoms with E-state index in [-0.39, 0.29) is 31.1 Å². The molecule has 0 aliphatic carbocycles. The summed E-state index contributed by atoms with van der Waals surface area (Å²) in [7, 11) is 0. The molecule has 0 aromatic rings. The van der Waals surface area contributed by atoms with Gasteiger partial charge in [-0.1, -0.05) is 204 Å². The van der Waals surface area contributed by atoms with Gasteiger partial charge in [-0.2, -0.15) is 0 Å². The van der Waals surface area contributed by atoms with Crippen LogP contribution >= 0.6 is 0 Å². The number of unbranched alkanes of at least 4 members (excludes halogenated alkanes) is 25. The fourth-order valence-electron chi connectivity index (χ4n) is 6.54. The standard InChI is InChI=1S/C50H88O6/c1-4-7-10-13-16-19-22-24-25-27-28-31-34-37-40-43-49(52)55-46-47(45-54-48(51)42-39-36-33-30-21-18-15-12-9-6-3)56-50(53)44-41-38-35-32-29-26-23-20-17-14-11-8-5-2/h8,11,14-15,17-18,20,23,47H,4-7,9-10,12-13,16,19,21-22,24-46H2,1-3H3/b11-8-,17-14-,18-15-,23-20-. The Morgan fingerprint density at radius 2 is 0.732 bits per heavy atom. The zero-order valence-electron chi connectivity index (χ0n) is 36.9. The smallest absolute Gasteiger partial charge is 0.306 e. The van der Waals surface area contributed by atoms with Crippen LogP contribution in [0.4, 0.5) is 0 Å². The van der Waals surface area contributed by atoms with Crippen LogP contribution in [-0.4, -0.2) is 37.2 Å². The molecule has 6 nitrogen and oxygen atoms in total. The average Bonchev–Trinajstić information content (AvgIpc) is 3.19. The van der Waals surface area contributed by atoms with E-state index in [1.807, 2.05) is 0 Å². The summed E-state index contributed by atoms with van der Waals surface area (Å²) in [6, 6.07) is 0. The molecule has 324 valence electrons. The quantitative estimate of drug-likeness (QED) is 0.0202. The predicted molar refractivity (Wildman–Crippen MR) is 238 cm³/mol. The highest BCUT2D eigenvalue weighted by molar-refractivity contribution is 5.71. The summed E-state index contributed by atoms with van der Waals surface area (Å²) in [4.78, 5) is 37.8. The van der Waals surface area contributed by atoms with E-state index in [0.29, 0.717) is 19.3 Å². The molecule has 0 bridgehead atoms. The lowest BCUT2D eigenvalue weighted by atomic mass is 10.0. The van der Waals surface area contributed by atoms with Gasteiger partial charge in [0.1, 0.15) is 13.2 Å². The first-order valence-corrected chi connectivity index (χ1v) is 23.7. The maximum Gasteiger partial charge on any atom is 0.306 e. The van der Waals surface area contributed by atoms with Crippen LogP contribution in [-0.2, 0) is 28.6 Å². The normalized spacial score (nSPS) is 12.4. The summed E-state index contributed by atoms with van der Waals surface area (Å²) >= 11 is 0. The maximum absolute atomic E-state index is 12.7. The highest BCUT2D eigenvalue weighted by atomic mass is 16.6. The van der Waals surface area contributed by atoms with Crippen LogP contribution in [0, 0.1) is 0 Å². The lowest BCUT2D eigenvalue weighted by molar-refractivity contribution is -0.167. The third-order valence-corrected chi connectivity index (χ3v) is 10.1. The van der Waals surface area contributed by atoms with Crippen LogP contribution in [0.2, 0.25) is 0 Å². The van der Waals surface area contributed by atoms with Gasteiger partial charge in [0, 0.05) is 19.3 Å². The minimum absolute atomic E-state index is 0.0834. The van der Waals surface area contributed by atoms with Crippen LogP contribution in [0.1, 0.15) is 233 Å². The third kappa shape index (κ3) is 42.5. The van der Waals surface area contributed by atoms with E-state index >= 15 is 0 Å². The Morgan fingerprint density at radius 1 is 0.375 bits per heavy atom. The Morgan fingerprint density at radius 3 is 1.18 bits per heavy atom. The van der Waals surface area contributed by atoms with Crippen molar-refractivity contribution in [2.75, 3.05) is 13.2 Å². The number of hydrogen-bond acceptors (Lipinski definition) is 6. The number of carbonyl (C=O) groups excluding carboxylic acids is 3. The Hall–Kier alpha value is -2.63. The van der Waals surface area contributed by atoms with Crippen LogP contribution in [0.5, 0.6) is 0 Å². The second-order valence-electron chi connectivity index (χ2n) is 15.7. The van der Waals surface area contributed by atoms with Crippen LogP contribution in [0.25, 0.3) is 0 Å². The Kier molecular flexibility index (Phi) is 43.0. The van der Waals surface area contributed by atoms with E-state index in [9.17, 15) is 14.4 Å². The summed E-state index contributed by atoms with van der Waals surface area (Å²) in [6.45, 7) is 6.43. The Bertz CT molecular complexity index is 996. The van der Waals surface area contributed by atoms with Gasteiger partial charge < -0.3 is 14.2 Å². The summed E-state index contributed by atoms with van der Waals surface area (Å²) in [5, 5.41) is 0. The van der Waals surface area contributed by atoms with E-state index in [4.69, 9.17) is 14.2 Å². The number of ether oxygens (including phenoxy) is 3. The highest BCUT2D eigenvalue weighted by Gasteiger charge is 2.19. The molecule has 0 fully saturated rings. The molecule has 0 amide bonds. The second kappa shape index (κ2) is 45.1. The van der Waals surface area contributed by atoms with Gasteiger partial charge in [0.15, 0.2) is 6.10 Å². The largest absolute Gasteiger partial charge is 0.462 e. The van der Waals surface area contributed by atoms with E-state index in [1.165, 1.54) is 89.9 Å². The first-order chi connectivity index (χ1) is 27.5. The van der Waals surface area contributed by atoms with Gasteiger partial charge in [-0.05, 0) is 57.8 Å². The molecule has 0 aromatic carbocycles. The molecular formula is C50H88O6. The summed E-state index contributed by atoms with van der Waals surface area (Å²) in [6.07, 6.45) is 52.4. The minimum Gasteiger partial charge on any atom is -0.462 e. The summed E-state index contributed by atoms with van der Waals surface area (Å²) < 4.78 is 16.7. The molecular weight excluding hydrogens is 697 g/mol. The van der Waals surface area contributed by atoms with Gasteiger partial charge in [-0.15, -0.1) is 0 Å². The molecule has 0 radical (unpaired) electrons. The van der Waals surface area contributed by atoms with Gasteiger partial charge in [0.25, 0.3) is 0 Å². The van der Waals surface area contributed by atoms with Crippen molar-refractivity contribution in [1.29, 1.82) is 0 Å². The van der Waals surface area contributed by atoms with Crippen molar-refractivity contribution in [1.82, 2.24) is 0 Å². The molecule has 0 saturated carbocycles. The van der Waals surface area contributed by atoms with Crippen molar-refractivity contribution >= 4 is 17.9 Å². The topological polar surface area (TPSA) is 78.9 Å². The number of hydrogen-bond donors (Lipinski definition) is 0. The lowest BCUT2D eigenvalue weighted by Gasteiger charge is -2.18.